The Morgan fingerprint density at radius 3 is 2.82 bits per heavy atom. The number of furan rings is 1. The summed E-state index contributed by atoms with van der Waals surface area (Å²) in [5.41, 5.74) is 3.07. The van der Waals surface area contributed by atoms with Crippen LogP contribution in [0.2, 0.25) is 0 Å². The number of carbonyl (C=O) groups excluding carboxylic acids is 1. The number of hydrogen-bond acceptors (Lipinski definition) is 6. The standard InChI is InChI=1S/C20H24N4O3.ClH/c1-11-7-15(13(3)26-11)17-8-16(18-12(2)24-27-20(18)23-17)19(25)22-10-14-5-4-6-21-9-14;/h7-8,14,21H,4-6,9-10H2,1-3H3,(H,22,25);1H. The van der Waals surface area contributed by atoms with Crippen molar-refractivity contribution in [3.05, 3.63) is 34.9 Å². The third-order valence-electron chi connectivity index (χ3n) is 5.13. The molecule has 0 bridgehead atoms. The molecular weight excluding hydrogens is 380 g/mol. The van der Waals surface area contributed by atoms with Gasteiger partial charge in [0.15, 0.2) is 0 Å². The van der Waals surface area contributed by atoms with Gasteiger partial charge in [-0.05, 0) is 64.8 Å². The zero-order chi connectivity index (χ0) is 19.0. The molecule has 4 heterocycles. The number of pyridine rings is 1. The lowest BCUT2D eigenvalue weighted by molar-refractivity contribution is 0.0946. The first-order valence-corrected chi connectivity index (χ1v) is 9.36. The van der Waals surface area contributed by atoms with Crippen molar-refractivity contribution < 1.29 is 13.7 Å². The Labute approximate surface area is 169 Å². The summed E-state index contributed by atoms with van der Waals surface area (Å²) in [4.78, 5) is 17.5. The second kappa shape index (κ2) is 8.32. The molecule has 1 aliphatic heterocycles. The van der Waals surface area contributed by atoms with E-state index in [-0.39, 0.29) is 18.3 Å². The van der Waals surface area contributed by atoms with E-state index >= 15 is 0 Å². The maximum absolute atomic E-state index is 13.0. The fraction of sp³-hybridized carbons (Fsp3) is 0.450. The lowest BCUT2D eigenvalue weighted by Crippen LogP contribution is -2.38. The van der Waals surface area contributed by atoms with Crippen molar-refractivity contribution in [3.8, 4) is 11.3 Å². The Balaban J connectivity index is 0.00000225. The molecule has 4 rings (SSSR count). The van der Waals surface area contributed by atoms with E-state index in [0.29, 0.717) is 40.5 Å². The predicted octanol–water partition coefficient (Wildman–Crippen LogP) is 3.56. The van der Waals surface area contributed by atoms with Gasteiger partial charge in [0.05, 0.1) is 22.3 Å². The lowest BCUT2D eigenvalue weighted by atomic mass is 9.99. The number of carbonyl (C=O) groups is 1. The van der Waals surface area contributed by atoms with Gasteiger partial charge < -0.3 is 19.6 Å². The number of nitrogens with zero attached hydrogens (tertiary/aromatic N) is 2. The summed E-state index contributed by atoms with van der Waals surface area (Å²) in [6.45, 7) is 8.25. The van der Waals surface area contributed by atoms with Gasteiger partial charge >= 0.3 is 0 Å². The van der Waals surface area contributed by atoms with Crippen LogP contribution < -0.4 is 10.6 Å². The minimum Gasteiger partial charge on any atom is -0.466 e. The van der Waals surface area contributed by atoms with Crippen LogP contribution in [0.15, 0.2) is 21.1 Å². The van der Waals surface area contributed by atoms with Crippen LogP contribution in [0.4, 0.5) is 0 Å². The second-order valence-corrected chi connectivity index (χ2v) is 7.25. The predicted molar refractivity (Wildman–Crippen MR) is 109 cm³/mol. The normalized spacial score (nSPS) is 16.8. The number of nitrogens with one attached hydrogen (secondary N) is 2. The Bertz CT molecular complexity index is 989. The molecule has 0 aromatic carbocycles. The molecule has 3 aromatic heterocycles. The molecule has 150 valence electrons. The fourth-order valence-electron chi connectivity index (χ4n) is 3.73. The number of rotatable bonds is 4. The fourth-order valence-corrected chi connectivity index (χ4v) is 3.73. The van der Waals surface area contributed by atoms with Crippen LogP contribution >= 0.6 is 12.4 Å². The molecule has 1 unspecified atom stereocenters. The lowest BCUT2D eigenvalue weighted by Gasteiger charge is -2.22. The van der Waals surface area contributed by atoms with Gasteiger partial charge in [0.1, 0.15) is 11.5 Å². The molecule has 8 heteroatoms. The van der Waals surface area contributed by atoms with Crippen LogP contribution in [0.5, 0.6) is 0 Å². The highest BCUT2D eigenvalue weighted by molar-refractivity contribution is 6.07. The van der Waals surface area contributed by atoms with E-state index in [9.17, 15) is 4.79 Å². The third kappa shape index (κ3) is 3.91. The zero-order valence-corrected chi connectivity index (χ0v) is 17.1. The summed E-state index contributed by atoms with van der Waals surface area (Å²) >= 11 is 0. The van der Waals surface area contributed by atoms with E-state index in [1.807, 2.05) is 26.8 Å². The largest absolute Gasteiger partial charge is 0.466 e. The summed E-state index contributed by atoms with van der Waals surface area (Å²) in [5, 5.41) is 11.1. The molecule has 1 saturated heterocycles. The maximum atomic E-state index is 13.0. The molecule has 3 aromatic rings. The van der Waals surface area contributed by atoms with Crippen LogP contribution in [-0.2, 0) is 0 Å². The van der Waals surface area contributed by atoms with Crippen LogP contribution in [0.1, 0.15) is 40.4 Å². The highest BCUT2D eigenvalue weighted by Gasteiger charge is 2.22. The summed E-state index contributed by atoms with van der Waals surface area (Å²) in [7, 11) is 0. The highest BCUT2D eigenvalue weighted by Crippen LogP contribution is 2.30. The van der Waals surface area contributed by atoms with E-state index in [0.717, 1.165) is 43.0 Å². The summed E-state index contributed by atoms with van der Waals surface area (Å²) in [6.07, 6.45) is 2.28. The van der Waals surface area contributed by atoms with Crippen LogP contribution in [-0.4, -0.2) is 35.7 Å². The van der Waals surface area contributed by atoms with E-state index in [1.165, 1.54) is 0 Å². The summed E-state index contributed by atoms with van der Waals surface area (Å²) in [6, 6.07) is 3.72. The maximum Gasteiger partial charge on any atom is 0.259 e. The quantitative estimate of drug-likeness (QED) is 0.690. The number of hydrogen-bond donors (Lipinski definition) is 2. The van der Waals surface area contributed by atoms with Gasteiger partial charge in [-0.2, -0.15) is 0 Å². The summed E-state index contributed by atoms with van der Waals surface area (Å²) < 4.78 is 11.0. The molecule has 0 spiro atoms. The van der Waals surface area contributed by atoms with Gasteiger partial charge in [-0.15, -0.1) is 12.4 Å². The zero-order valence-electron chi connectivity index (χ0n) is 16.3. The van der Waals surface area contributed by atoms with E-state index in [2.05, 4.69) is 20.8 Å². The van der Waals surface area contributed by atoms with Crippen LogP contribution in [0, 0.1) is 26.7 Å². The Kier molecular flexibility index (Phi) is 6.05. The SMILES string of the molecule is Cc1cc(-c2cc(C(=O)NCC3CCCNC3)c3c(C)noc3n2)c(C)o1.Cl. The number of aryl methyl sites for hydroxylation is 3. The van der Waals surface area contributed by atoms with Crippen molar-refractivity contribution in [1.29, 1.82) is 0 Å². The minimum absolute atomic E-state index is 0. The van der Waals surface area contributed by atoms with Gasteiger partial charge in [0.2, 0.25) is 0 Å². The van der Waals surface area contributed by atoms with E-state index < -0.39 is 0 Å². The third-order valence-corrected chi connectivity index (χ3v) is 5.13. The first kappa shape index (κ1) is 20.4. The molecule has 28 heavy (non-hydrogen) atoms. The van der Waals surface area contributed by atoms with E-state index in [4.69, 9.17) is 8.94 Å². The topological polar surface area (TPSA) is 93.2 Å². The minimum atomic E-state index is -0.126. The number of fused-ring (bicyclic) bond motifs is 1. The van der Waals surface area contributed by atoms with Crippen molar-refractivity contribution >= 4 is 29.4 Å². The molecule has 0 radical (unpaired) electrons. The van der Waals surface area contributed by atoms with Crippen molar-refractivity contribution in [2.24, 2.45) is 5.92 Å². The average molecular weight is 405 g/mol. The van der Waals surface area contributed by atoms with Gasteiger partial charge in [-0.1, -0.05) is 5.16 Å². The molecule has 1 atom stereocenters. The Hall–Kier alpha value is -2.38. The number of halogens is 1. The second-order valence-electron chi connectivity index (χ2n) is 7.25. The Morgan fingerprint density at radius 2 is 2.14 bits per heavy atom. The molecule has 0 aliphatic carbocycles. The van der Waals surface area contributed by atoms with Gasteiger partial charge in [0.25, 0.3) is 11.6 Å². The smallest absolute Gasteiger partial charge is 0.259 e. The first-order chi connectivity index (χ1) is 13.0. The van der Waals surface area contributed by atoms with Crippen molar-refractivity contribution in [1.82, 2.24) is 20.8 Å². The molecule has 1 amide bonds. The molecule has 2 N–H and O–H groups in total. The van der Waals surface area contributed by atoms with Gasteiger partial charge in [-0.25, -0.2) is 4.98 Å². The van der Waals surface area contributed by atoms with Gasteiger partial charge in [0, 0.05) is 12.1 Å². The number of piperidine rings is 1. The molecule has 7 nitrogen and oxygen atoms in total. The first-order valence-electron chi connectivity index (χ1n) is 9.36. The molecule has 1 aliphatic rings. The van der Waals surface area contributed by atoms with Gasteiger partial charge in [-0.3, -0.25) is 4.79 Å². The van der Waals surface area contributed by atoms with Crippen molar-refractivity contribution in [2.75, 3.05) is 19.6 Å². The average Bonchev–Trinajstić information content (AvgIpc) is 3.21. The van der Waals surface area contributed by atoms with Crippen LogP contribution in [0.3, 0.4) is 0 Å². The van der Waals surface area contributed by atoms with E-state index in [1.54, 1.807) is 6.07 Å². The monoisotopic (exact) mass is 404 g/mol. The molecule has 1 fully saturated rings. The highest BCUT2D eigenvalue weighted by atomic mass is 35.5. The molecule has 0 saturated carbocycles. The van der Waals surface area contributed by atoms with Crippen LogP contribution in [0.25, 0.3) is 22.4 Å². The van der Waals surface area contributed by atoms with Crippen molar-refractivity contribution in [3.63, 3.8) is 0 Å². The number of aromatic nitrogens is 2. The Morgan fingerprint density at radius 1 is 1.32 bits per heavy atom. The van der Waals surface area contributed by atoms with Crippen molar-refractivity contribution in [2.45, 2.75) is 33.6 Å². The molecular formula is C20H25ClN4O3. The summed E-state index contributed by atoms with van der Waals surface area (Å²) in [5.74, 6) is 1.89. The number of amides is 1.